The molecule has 0 amide bonds. The first-order valence-electron chi connectivity index (χ1n) is 11.8. The molecule has 41 heavy (non-hydrogen) atoms. The average molecular weight is 665 g/mol. The molecule has 6 aromatic rings. The zero-order chi connectivity index (χ0) is 26.3. The zero-order valence-electron chi connectivity index (χ0n) is 21.6. The number of hydrogen-bond donors (Lipinski definition) is 0. The van der Waals surface area contributed by atoms with E-state index in [-0.39, 0.29) is 44.3 Å². The van der Waals surface area contributed by atoms with Crippen LogP contribution >= 0.6 is 0 Å². The van der Waals surface area contributed by atoms with Crippen LogP contribution < -0.4 is 24.8 Å². The third kappa shape index (κ3) is 11.4. The zero-order valence-corrected chi connectivity index (χ0v) is 24.9. The van der Waals surface area contributed by atoms with Gasteiger partial charge in [0.15, 0.2) is 0 Å². The molecule has 0 radical (unpaired) electrons. The van der Waals surface area contributed by atoms with Crippen molar-refractivity contribution in [2.75, 3.05) is 0 Å². The normalized spacial score (nSPS) is 8.85. The molecule has 204 valence electrons. The van der Waals surface area contributed by atoms with Crippen molar-refractivity contribution in [3.05, 3.63) is 146 Å². The number of halogens is 2. The van der Waals surface area contributed by atoms with Crippen molar-refractivity contribution in [1.29, 1.82) is 0 Å². The van der Waals surface area contributed by atoms with Crippen LogP contribution in [0.2, 0.25) is 0 Å². The van der Waals surface area contributed by atoms with Gasteiger partial charge in [-0.25, -0.2) is 0 Å². The first-order chi connectivity index (χ1) is 18.8. The van der Waals surface area contributed by atoms with E-state index in [0.29, 0.717) is 0 Å². The van der Waals surface area contributed by atoms with Gasteiger partial charge in [0.1, 0.15) is 0 Å². The van der Waals surface area contributed by atoms with E-state index in [1.54, 1.807) is 43.2 Å². The van der Waals surface area contributed by atoms with Crippen LogP contribution in [0.15, 0.2) is 140 Å². The first kappa shape index (κ1) is 34.7. The van der Waals surface area contributed by atoms with Gasteiger partial charge in [-0.15, -0.1) is 6.42 Å². The fourth-order valence-corrected chi connectivity index (χ4v) is 3.23. The van der Waals surface area contributed by atoms with Gasteiger partial charge in [0, 0.05) is 42.7 Å². The van der Waals surface area contributed by atoms with Crippen LogP contribution in [0.5, 0.6) is 0 Å². The van der Waals surface area contributed by atoms with Crippen LogP contribution in [0.3, 0.4) is 0 Å². The number of hydrogen-bond acceptors (Lipinski definition) is 6. The third-order valence-electron chi connectivity index (χ3n) is 5.04. The molecule has 0 bridgehead atoms. The van der Waals surface area contributed by atoms with E-state index in [2.05, 4.69) is 35.8 Å². The van der Waals surface area contributed by atoms with Gasteiger partial charge in [-0.05, 0) is 72.8 Å². The van der Waals surface area contributed by atoms with Crippen LogP contribution in [0.25, 0.3) is 34.2 Å². The molecule has 0 aromatic carbocycles. The minimum absolute atomic E-state index is 0. The largest absolute Gasteiger partial charge is 2.00 e. The summed E-state index contributed by atoms with van der Waals surface area (Å²) >= 11 is 0. The van der Waals surface area contributed by atoms with E-state index >= 15 is 0 Å². The maximum Gasteiger partial charge on any atom is 2.00 e. The standard InChI is InChI=1S/C12H8N2.2C10H8N2.2ClH.Ru/c1-2-10-6-8-14-12(9-10)11-5-3-4-7-13-11;2*1-3-7-11-9(5-1)10-6-2-4-8-12-10;;;/h1,3-9H;2*1-8H;2*1H;/q;;;;;+2/p-2. The number of terminal acetylenes is 1. The molecular weight excluding hydrogens is 640 g/mol. The minimum Gasteiger partial charge on any atom is -1.00 e. The van der Waals surface area contributed by atoms with Crippen LogP contribution in [-0.4, -0.2) is 29.9 Å². The summed E-state index contributed by atoms with van der Waals surface area (Å²) in [6.45, 7) is 0. The Balaban J connectivity index is 0.000000298. The summed E-state index contributed by atoms with van der Waals surface area (Å²) in [7, 11) is 0. The Morgan fingerprint density at radius 3 is 0.951 bits per heavy atom. The molecule has 6 nitrogen and oxygen atoms in total. The maximum atomic E-state index is 5.30. The van der Waals surface area contributed by atoms with Gasteiger partial charge in [0.05, 0.1) is 34.2 Å². The Bertz CT molecular complexity index is 1410. The predicted octanol–water partition coefficient (Wildman–Crippen LogP) is 0.418. The van der Waals surface area contributed by atoms with Gasteiger partial charge in [0.2, 0.25) is 0 Å². The number of rotatable bonds is 3. The van der Waals surface area contributed by atoms with E-state index in [1.807, 2.05) is 97.1 Å². The van der Waals surface area contributed by atoms with Crippen molar-refractivity contribution < 1.29 is 44.3 Å². The number of pyridine rings is 6. The van der Waals surface area contributed by atoms with E-state index in [9.17, 15) is 0 Å². The van der Waals surface area contributed by atoms with Crippen molar-refractivity contribution in [2.45, 2.75) is 0 Å². The molecule has 0 N–H and O–H groups in total. The van der Waals surface area contributed by atoms with Crippen molar-refractivity contribution in [3.63, 3.8) is 0 Å². The quantitative estimate of drug-likeness (QED) is 0.202. The molecule has 0 atom stereocenters. The van der Waals surface area contributed by atoms with Crippen LogP contribution in [0.1, 0.15) is 5.56 Å². The molecule has 0 unspecified atom stereocenters. The topological polar surface area (TPSA) is 77.3 Å². The smallest absolute Gasteiger partial charge is 1.00 e. The molecule has 9 heteroatoms. The van der Waals surface area contributed by atoms with Gasteiger partial charge >= 0.3 is 19.5 Å². The summed E-state index contributed by atoms with van der Waals surface area (Å²) in [6, 6.07) is 32.5. The summed E-state index contributed by atoms with van der Waals surface area (Å²) in [5.74, 6) is 2.57. The van der Waals surface area contributed by atoms with Crippen molar-refractivity contribution in [3.8, 4) is 46.5 Å². The Kier molecular flexibility index (Phi) is 16.7. The molecule has 0 aliphatic rings. The summed E-state index contributed by atoms with van der Waals surface area (Å²) in [5.41, 5.74) is 6.12. The van der Waals surface area contributed by atoms with Crippen LogP contribution in [-0.2, 0) is 19.5 Å². The van der Waals surface area contributed by atoms with Crippen molar-refractivity contribution in [1.82, 2.24) is 29.9 Å². The second-order valence-corrected chi connectivity index (χ2v) is 7.65. The molecule has 0 spiro atoms. The van der Waals surface area contributed by atoms with E-state index in [1.165, 1.54) is 0 Å². The summed E-state index contributed by atoms with van der Waals surface area (Å²) in [4.78, 5) is 25.1. The molecule has 0 saturated carbocycles. The van der Waals surface area contributed by atoms with E-state index in [4.69, 9.17) is 6.42 Å². The average Bonchev–Trinajstić information content (AvgIpc) is 3.04. The Morgan fingerprint density at radius 2 is 0.683 bits per heavy atom. The maximum absolute atomic E-state index is 5.30. The Labute approximate surface area is 265 Å². The van der Waals surface area contributed by atoms with Gasteiger partial charge in [-0.1, -0.05) is 36.3 Å². The van der Waals surface area contributed by atoms with Gasteiger partial charge in [0.25, 0.3) is 0 Å². The molecule has 6 aromatic heterocycles. The molecule has 0 aliphatic heterocycles. The summed E-state index contributed by atoms with van der Waals surface area (Å²) < 4.78 is 0. The monoisotopic (exact) mass is 664 g/mol. The van der Waals surface area contributed by atoms with Gasteiger partial charge in [-0.2, -0.15) is 0 Å². The molecule has 0 fully saturated rings. The number of aromatic nitrogens is 6. The van der Waals surface area contributed by atoms with Crippen LogP contribution in [0, 0.1) is 12.3 Å². The first-order valence-corrected chi connectivity index (χ1v) is 11.8. The fourth-order valence-electron chi connectivity index (χ4n) is 3.23. The minimum atomic E-state index is 0. The molecule has 0 aliphatic carbocycles. The number of nitrogens with zero attached hydrogens (tertiary/aromatic N) is 6. The molecule has 6 rings (SSSR count). The predicted molar refractivity (Wildman–Crippen MR) is 150 cm³/mol. The molecule has 6 heterocycles. The Hall–Kier alpha value is -4.34. The van der Waals surface area contributed by atoms with Gasteiger partial charge < -0.3 is 24.8 Å². The van der Waals surface area contributed by atoms with Crippen LogP contribution in [0.4, 0.5) is 0 Å². The molecular formula is C32H24Cl2N6Ru. The van der Waals surface area contributed by atoms with E-state index < -0.39 is 0 Å². The van der Waals surface area contributed by atoms with Crippen molar-refractivity contribution >= 4 is 0 Å². The second kappa shape index (κ2) is 19.7. The Morgan fingerprint density at radius 1 is 0.390 bits per heavy atom. The third-order valence-corrected chi connectivity index (χ3v) is 5.04. The summed E-state index contributed by atoms with van der Waals surface area (Å²) in [5, 5.41) is 0. The second-order valence-electron chi connectivity index (χ2n) is 7.65. The van der Waals surface area contributed by atoms with E-state index in [0.717, 1.165) is 39.7 Å². The summed E-state index contributed by atoms with van der Waals surface area (Å²) in [6.07, 6.45) is 15.8. The molecule has 0 saturated heterocycles. The van der Waals surface area contributed by atoms with Crippen molar-refractivity contribution in [2.24, 2.45) is 0 Å². The fraction of sp³-hybridized carbons (Fsp3) is 0. The van der Waals surface area contributed by atoms with Gasteiger partial charge in [-0.3, -0.25) is 29.9 Å². The SMILES string of the molecule is C#Cc1ccnc(-c2ccccn2)c1.[Cl-].[Cl-].[Ru+2].c1ccc(-c2ccccn2)nc1.c1ccc(-c2ccccn2)nc1.